The first kappa shape index (κ1) is 17.4. The van der Waals surface area contributed by atoms with Crippen molar-refractivity contribution in [1.82, 2.24) is 15.0 Å². The average Bonchev–Trinajstić information content (AvgIpc) is 2.53. The molecule has 0 aliphatic carbocycles. The molecule has 1 aromatic carbocycles. The third-order valence-corrected chi connectivity index (χ3v) is 3.79. The maximum Gasteiger partial charge on any atom is 0.181 e. The summed E-state index contributed by atoms with van der Waals surface area (Å²) in [7, 11) is 0. The largest absolute Gasteiger partial charge is 0.382 e. The molecule has 0 atom stereocenters. The van der Waals surface area contributed by atoms with Crippen molar-refractivity contribution in [2.24, 2.45) is 5.92 Å². The van der Waals surface area contributed by atoms with E-state index in [2.05, 4.69) is 20.3 Å². The van der Waals surface area contributed by atoms with Gasteiger partial charge < -0.3 is 5.32 Å². The van der Waals surface area contributed by atoms with Crippen LogP contribution in [-0.4, -0.2) is 21.5 Å². The van der Waals surface area contributed by atoms with E-state index < -0.39 is 23.0 Å². The molecule has 0 radical (unpaired) electrons. The van der Waals surface area contributed by atoms with Gasteiger partial charge in [-0.1, -0.05) is 25.4 Å². The van der Waals surface area contributed by atoms with Gasteiger partial charge in [-0.3, -0.25) is 0 Å². The number of nitrogens with one attached hydrogen (secondary N) is 1. The van der Waals surface area contributed by atoms with Crippen molar-refractivity contribution in [3.05, 3.63) is 47.1 Å². The molecule has 2 heterocycles. The molecule has 4 nitrogen and oxygen atoms in total. The Kier molecular flexibility index (Phi) is 4.76. The Hall–Kier alpha value is -2.41. The quantitative estimate of drug-likeness (QED) is 0.672. The monoisotopic (exact) mass is 366 g/mol. The number of hydrogen-bond acceptors (Lipinski definition) is 4. The highest BCUT2D eigenvalue weighted by Crippen LogP contribution is 2.40. The highest BCUT2D eigenvalue weighted by molar-refractivity contribution is 6.33. The Labute approximate surface area is 147 Å². The number of nitrogens with zero attached hydrogens (tertiary/aromatic N) is 3. The Bertz CT molecular complexity index is 924. The topological polar surface area (TPSA) is 50.7 Å². The summed E-state index contributed by atoms with van der Waals surface area (Å²) in [5, 5.41) is 2.96. The molecule has 3 aromatic rings. The van der Waals surface area contributed by atoms with Gasteiger partial charge in [-0.15, -0.1) is 0 Å². The van der Waals surface area contributed by atoms with Crippen LogP contribution in [0.1, 0.15) is 13.8 Å². The second-order valence-corrected chi connectivity index (χ2v) is 6.26. The lowest BCUT2D eigenvalue weighted by Gasteiger charge is -2.17. The van der Waals surface area contributed by atoms with Gasteiger partial charge in [0.25, 0.3) is 0 Å². The minimum absolute atomic E-state index is 0.00897. The fraction of sp³-hybridized carbons (Fsp3) is 0.235. The van der Waals surface area contributed by atoms with Crippen LogP contribution in [0, 0.1) is 23.4 Å². The number of aromatic nitrogens is 3. The molecule has 0 unspecified atom stereocenters. The van der Waals surface area contributed by atoms with Gasteiger partial charge in [-0.25, -0.2) is 28.1 Å². The predicted molar refractivity (Wildman–Crippen MR) is 91.0 cm³/mol. The predicted octanol–water partition coefficient (Wildman–Crippen LogP) is 4.83. The van der Waals surface area contributed by atoms with Gasteiger partial charge in [0, 0.05) is 31.1 Å². The summed E-state index contributed by atoms with van der Waals surface area (Å²) in [4.78, 5) is 12.3. The maximum absolute atomic E-state index is 14.3. The number of hydrogen-bond donors (Lipinski definition) is 1. The summed E-state index contributed by atoms with van der Waals surface area (Å²) in [5.41, 5.74) is 0.403. The van der Waals surface area contributed by atoms with E-state index >= 15 is 0 Å². The van der Waals surface area contributed by atoms with Crippen molar-refractivity contribution in [2.75, 3.05) is 11.9 Å². The molecule has 0 bridgehead atoms. The highest BCUT2D eigenvalue weighted by atomic mass is 35.5. The lowest BCUT2D eigenvalue weighted by molar-refractivity contribution is 0.548. The lowest BCUT2D eigenvalue weighted by atomic mass is 10.0. The van der Waals surface area contributed by atoms with Crippen LogP contribution in [0.5, 0.6) is 0 Å². The van der Waals surface area contributed by atoms with Gasteiger partial charge in [-0.05, 0) is 5.92 Å². The van der Waals surface area contributed by atoms with E-state index in [1.165, 1.54) is 12.4 Å². The van der Waals surface area contributed by atoms with E-state index in [9.17, 15) is 13.2 Å². The number of rotatable bonds is 4. The van der Waals surface area contributed by atoms with E-state index in [1.807, 2.05) is 13.8 Å². The van der Waals surface area contributed by atoms with Crippen LogP contribution in [0.25, 0.3) is 22.3 Å². The zero-order valence-electron chi connectivity index (χ0n) is 13.4. The maximum atomic E-state index is 14.3. The van der Waals surface area contributed by atoms with Crippen LogP contribution in [0.2, 0.25) is 5.15 Å². The van der Waals surface area contributed by atoms with Crippen LogP contribution in [0.3, 0.4) is 0 Å². The molecule has 25 heavy (non-hydrogen) atoms. The summed E-state index contributed by atoms with van der Waals surface area (Å²) in [6.07, 6.45) is 2.89. The highest BCUT2D eigenvalue weighted by Gasteiger charge is 2.23. The Balaban J connectivity index is 2.34. The SMILES string of the molecule is CC(C)CNc1c(-c2c(F)cc(F)cc2F)c(Cl)nc2nccnc12. The average molecular weight is 367 g/mol. The Morgan fingerprint density at radius 3 is 2.32 bits per heavy atom. The third kappa shape index (κ3) is 3.37. The Morgan fingerprint density at radius 1 is 1.04 bits per heavy atom. The van der Waals surface area contributed by atoms with E-state index in [-0.39, 0.29) is 22.3 Å². The first-order chi connectivity index (χ1) is 11.9. The smallest absolute Gasteiger partial charge is 0.181 e. The normalized spacial score (nSPS) is 11.3. The number of halogens is 4. The van der Waals surface area contributed by atoms with Crippen LogP contribution in [0.4, 0.5) is 18.9 Å². The van der Waals surface area contributed by atoms with Gasteiger partial charge in [0.05, 0.1) is 16.8 Å². The molecule has 3 rings (SSSR count). The molecule has 2 aromatic heterocycles. The van der Waals surface area contributed by atoms with Crippen molar-refractivity contribution in [1.29, 1.82) is 0 Å². The van der Waals surface area contributed by atoms with E-state index in [0.717, 1.165) is 0 Å². The zero-order chi connectivity index (χ0) is 18.1. The number of pyridine rings is 1. The molecule has 0 aliphatic rings. The van der Waals surface area contributed by atoms with E-state index in [1.54, 1.807) is 0 Å². The molecule has 0 aliphatic heterocycles. The minimum Gasteiger partial charge on any atom is -0.382 e. The second kappa shape index (κ2) is 6.84. The third-order valence-electron chi connectivity index (χ3n) is 3.52. The molecule has 0 amide bonds. The molecular weight excluding hydrogens is 353 g/mol. The summed E-state index contributed by atoms with van der Waals surface area (Å²) in [5.74, 6) is -2.91. The molecule has 0 saturated carbocycles. The van der Waals surface area contributed by atoms with E-state index in [0.29, 0.717) is 29.9 Å². The fourth-order valence-corrected chi connectivity index (χ4v) is 2.72. The van der Waals surface area contributed by atoms with Crippen molar-refractivity contribution < 1.29 is 13.2 Å². The van der Waals surface area contributed by atoms with Gasteiger partial charge >= 0.3 is 0 Å². The van der Waals surface area contributed by atoms with Gasteiger partial charge in [0.15, 0.2) is 5.65 Å². The molecule has 0 fully saturated rings. The fourth-order valence-electron chi connectivity index (χ4n) is 2.45. The lowest BCUT2D eigenvalue weighted by Crippen LogP contribution is -2.11. The van der Waals surface area contributed by atoms with Gasteiger partial charge in [0.1, 0.15) is 28.1 Å². The summed E-state index contributed by atoms with van der Waals surface area (Å²) in [6, 6.07) is 1.20. The first-order valence-corrected chi connectivity index (χ1v) is 7.95. The molecule has 1 N–H and O–H groups in total. The van der Waals surface area contributed by atoms with Crippen molar-refractivity contribution in [2.45, 2.75) is 13.8 Å². The van der Waals surface area contributed by atoms with Crippen LogP contribution in [-0.2, 0) is 0 Å². The molecule has 0 spiro atoms. The zero-order valence-corrected chi connectivity index (χ0v) is 14.2. The second-order valence-electron chi connectivity index (χ2n) is 5.90. The standard InChI is InChI=1S/C17H14ClF3N4/c1-8(2)7-24-14-13(12-10(20)5-9(19)6-11(12)21)16(18)25-17-15(14)22-3-4-23-17/h3-6,8H,7H2,1-2H3,(H,23,24,25). The van der Waals surface area contributed by atoms with E-state index in [4.69, 9.17) is 11.6 Å². The summed E-state index contributed by atoms with van der Waals surface area (Å²) < 4.78 is 41.9. The summed E-state index contributed by atoms with van der Waals surface area (Å²) >= 11 is 6.20. The van der Waals surface area contributed by atoms with Crippen LogP contribution in [0.15, 0.2) is 24.5 Å². The van der Waals surface area contributed by atoms with Crippen LogP contribution >= 0.6 is 11.6 Å². The van der Waals surface area contributed by atoms with Crippen molar-refractivity contribution >= 4 is 28.5 Å². The number of benzene rings is 1. The summed E-state index contributed by atoms with van der Waals surface area (Å²) in [6.45, 7) is 4.45. The molecule has 0 saturated heterocycles. The first-order valence-electron chi connectivity index (χ1n) is 7.57. The molecule has 130 valence electrons. The number of fused-ring (bicyclic) bond motifs is 1. The van der Waals surface area contributed by atoms with Crippen LogP contribution < -0.4 is 5.32 Å². The van der Waals surface area contributed by atoms with Gasteiger partial charge in [-0.2, -0.15) is 0 Å². The van der Waals surface area contributed by atoms with Crippen molar-refractivity contribution in [3.8, 4) is 11.1 Å². The Morgan fingerprint density at radius 2 is 1.68 bits per heavy atom. The molecular formula is C17H14ClF3N4. The molecule has 8 heteroatoms. The van der Waals surface area contributed by atoms with Crippen molar-refractivity contribution in [3.63, 3.8) is 0 Å². The van der Waals surface area contributed by atoms with Gasteiger partial charge in [0.2, 0.25) is 0 Å². The number of anilines is 1. The minimum atomic E-state index is -1.07.